The maximum atomic E-state index is 14.0. The number of rotatable bonds is 9. The minimum Gasteiger partial charge on any atom is -0.492 e. The summed E-state index contributed by atoms with van der Waals surface area (Å²) in [5, 5.41) is 1.88. The van der Waals surface area contributed by atoms with E-state index in [-0.39, 0.29) is 11.8 Å². The first kappa shape index (κ1) is 26.2. The van der Waals surface area contributed by atoms with Gasteiger partial charge in [-0.2, -0.15) is 0 Å². The molecule has 1 aliphatic heterocycles. The molecule has 5 aromatic rings. The summed E-state index contributed by atoms with van der Waals surface area (Å²) in [6.45, 7) is 2.31. The Morgan fingerprint density at radius 3 is 2.73 bits per heavy atom. The summed E-state index contributed by atoms with van der Waals surface area (Å²) in [6, 6.07) is 23.6. The van der Waals surface area contributed by atoms with E-state index in [9.17, 15) is 4.79 Å². The number of ether oxygens (including phenoxy) is 2. The standard InChI is InChI=1S/C32H31ClN4O3/c1-36(2)13-14-39-24-10-11-26-22(15-24)16-27(35-26)32(38)37-19-23(18-33)30-25-9-6-12-34-31(25)29(17-28(30)37)40-20-21-7-4-3-5-8-21/h3-12,15-17,23,35H,13-14,18-20H2,1-2H3. The summed E-state index contributed by atoms with van der Waals surface area (Å²) in [4.78, 5) is 25.8. The van der Waals surface area contributed by atoms with Crippen molar-refractivity contribution in [2.24, 2.45) is 0 Å². The number of carbonyl (C=O) groups excluding carboxylic acids is 1. The van der Waals surface area contributed by atoms with Gasteiger partial charge in [-0.05, 0) is 55.6 Å². The molecule has 3 aromatic carbocycles. The van der Waals surface area contributed by atoms with Gasteiger partial charge in [0.15, 0.2) is 0 Å². The van der Waals surface area contributed by atoms with Gasteiger partial charge in [0.25, 0.3) is 5.91 Å². The van der Waals surface area contributed by atoms with Crippen LogP contribution in [0, 0.1) is 0 Å². The Morgan fingerprint density at radius 2 is 1.93 bits per heavy atom. The molecular weight excluding hydrogens is 524 g/mol. The summed E-state index contributed by atoms with van der Waals surface area (Å²) in [5.41, 5.74) is 5.07. The second-order valence-electron chi connectivity index (χ2n) is 10.3. The van der Waals surface area contributed by atoms with E-state index < -0.39 is 0 Å². The van der Waals surface area contributed by atoms with E-state index >= 15 is 0 Å². The molecule has 0 radical (unpaired) electrons. The number of hydrogen-bond donors (Lipinski definition) is 1. The van der Waals surface area contributed by atoms with Gasteiger partial charge in [-0.1, -0.05) is 36.4 Å². The number of nitrogens with zero attached hydrogens (tertiary/aromatic N) is 3. The topological polar surface area (TPSA) is 70.7 Å². The number of benzene rings is 3. The van der Waals surface area contributed by atoms with Crippen LogP contribution in [0.2, 0.25) is 0 Å². The monoisotopic (exact) mass is 554 g/mol. The molecule has 204 valence electrons. The van der Waals surface area contributed by atoms with Crippen LogP contribution in [0.15, 0.2) is 79.0 Å². The van der Waals surface area contributed by atoms with Gasteiger partial charge in [-0.3, -0.25) is 9.78 Å². The number of aromatic amines is 1. The van der Waals surface area contributed by atoms with Gasteiger partial charge in [-0.25, -0.2) is 0 Å². The zero-order chi connectivity index (χ0) is 27.6. The van der Waals surface area contributed by atoms with E-state index in [0.29, 0.717) is 37.1 Å². The number of likely N-dealkylation sites (N-methyl/N-ethyl adjacent to an activating group) is 1. The van der Waals surface area contributed by atoms with Crippen LogP contribution in [-0.4, -0.2) is 60.4 Å². The van der Waals surface area contributed by atoms with Crippen molar-refractivity contribution >= 4 is 45.0 Å². The number of carbonyl (C=O) groups is 1. The Morgan fingerprint density at radius 1 is 1.07 bits per heavy atom. The highest BCUT2D eigenvalue weighted by Crippen LogP contribution is 2.45. The highest BCUT2D eigenvalue weighted by atomic mass is 35.5. The third-order valence-corrected chi connectivity index (χ3v) is 7.65. The first-order valence-electron chi connectivity index (χ1n) is 13.4. The molecule has 8 heteroatoms. The average Bonchev–Trinajstić information content (AvgIpc) is 3.57. The molecule has 0 bridgehead atoms. The molecule has 6 rings (SSSR count). The van der Waals surface area contributed by atoms with E-state index in [1.54, 1.807) is 6.20 Å². The zero-order valence-electron chi connectivity index (χ0n) is 22.6. The number of hydrogen-bond acceptors (Lipinski definition) is 5. The number of aromatic nitrogens is 2. The molecule has 2 aromatic heterocycles. The van der Waals surface area contributed by atoms with Crippen LogP contribution in [-0.2, 0) is 6.61 Å². The van der Waals surface area contributed by atoms with Crippen LogP contribution in [0.3, 0.4) is 0 Å². The first-order chi connectivity index (χ1) is 19.5. The highest BCUT2D eigenvalue weighted by Gasteiger charge is 2.36. The minimum absolute atomic E-state index is 0.0171. The van der Waals surface area contributed by atoms with Gasteiger partial charge in [0, 0.05) is 53.4 Å². The summed E-state index contributed by atoms with van der Waals surface area (Å²) >= 11 is 6.46. The second-order valence-corrected chi connectivity index (χ2v) is 10.6. The Hall–Kier alpha value is -4.07. The van der Waals surface area contributed by atoms with Crippen LogP contribution in [0.1, 0.15) is 27.5 Å². The number of amides is 1. The van der Waals surface area contributed by atoms with Crippen LogP contribution in [0.25, 0.3) is 21.8 Å². The van der Waals surface area contributed by atoms with Gasteiger partial charge in [0.1, 0.15) is 35.9 Å². The lowest BCUT2D eigenvalue weighted by Crippen LogP contribution is -2.30. The molecule has 0 spiro atoms. The maximum absolute atomic E-state index is 14.0. The smallest absolute Gasteiger partial charge is 0.274 e. The number of halogens is 1. The maximum Gasteiger partial charge on any atom is 0.274 e. The van der Waals surface area contributed by atoms with Crippen molar-refractivity contribution in [3.05, 3.63) is 95.8 Å². The normalized spacial score (nSPS) is 14.7. The lowest BCUT2D eigenvalue weighted by molar-refractivity contribution is 0.0984. The number of pyridine rings is 1. The lowest BCUT2D eigenvalue weighted by Gasteiger charge is -2.19. The fraction of sp³-hybridized carbons (Fsp3) is 0.250. The fourth-order valence-electron chi connectivity index (χ4n) is 5.26. The van der Waals surface area contributed by atoms with Crippen LogP contribution < -0.4 is 14.4 Å². The molecular formula is C32H31ClN4O3. The first-order valence-corrected chi connectivity index (χ1v) is 13.9. The van der Waals surface area contributed by atoms with E-state index in [2.05, 4.69) is 14.9 Å². The number of fused-ring (bicyclic) bond motifs is 4. The second kappa shape index (κ2) is 11.2. The summed E-state index contributed by atoms with van der Waals surface area (Å²) in [6.07, 6.45) is 1.76. The van der Waals surface area contributed by atoms with Gasteiger partial charge in [0.2, 0.25) is 0 Å². The van der Waals surface area contributed by atoms with Crippen molar-refractivity contribution in [2.75, 3.05) is 44.6 Å². The van der Waals surface area contributed by atoms with Crippen LogP contribution in [0.4, 0.5) is 5.69 Å². The molecule has 40 heavy (non-hydrogen) atoms. The molecule has 1 atom stereocenters. The Bertz CT molecular complexity index is 1670. The van der Waals surface area contributed by atoms with E-state index in [1.807, 2.05) is 91.8 Å². The molecule has 0 fully saturated rings. The molecule has 0 aliphatic carbocycles. The van der Waals surface area contributed by atoms with Crippen molar-refractivity contribution in [1.82, 2.24) is 14.9 Å². The zero-order valence-corrected chi connectivity index (χ0v) is 23.3. The SMILES string of the molecule is CN(C)CCOc1ccc2[nH]c(C(=O)N3CC(CCl)c4c3cc(OCc3ccccc3)c3ncccc43)cc2c1. The largest absolute Gasteiger partial charge is 0.492 e. The van der Waals surface area contributed by atoms with E-state index in [1.165, 1.54) is 0 Å². The highest BCUT2D eigenvalue weighted by molar-refractivity contribution is 6.19. The van der Waals surface area contributed by atoms with Crippen molar-refractivity contribution in [3.8, 4) is 11.5 Å². The third-order valence-electron chi connectivity index (χ3n) is 7.28. The number of H-pyrrole nitrogens is 1. The van der Waals surface area contributed by atoms with E-state index in [4.69, 9.17) is 21.1 Å². The van der Waals surface area contributed by atoms with Gasteiger partial charge in [0.05, 0.1) is 5.69 Å². The number of anilines is 1. The molecule has 7 nitrogen and oxygen atoms in total. The molecule has 1 aliphatic rings. The predicted octanol–water partition coefficient (Wildman–Crippen LogP) is 6.22. The van der Waals surface area contributed by atoms with Gasteiger partial charge >= 0.3 is 0 Å². The Kier molecular flexibility index (Phi) is 7.32. The lowest BCUT2D eigenvalue weighted by atomic mass is 9.97. The van der Waals surface area contributed by atoms with Crippen LogP contribution >= 0.6 is 11.6 Å². The quantitative estimate of drug-likeness (QED) is 0.219. The van der Waals surface area contributed by atoms with Crippen molar-refractivity contribution < 1.29 is 14.3 Å². The van der Waals surface area contributed by atoms with Gasteiger partial charge in [-0.15, -0.1) is 11.6 Å². The Balaban J connectivity index is 1.33. The Labute approximate surface area is 238 Å². The molecule has 3 heterocycles. The summed E-state index contributed by atoms with van der Waals surface area (Å²) in [5.74, 6) is 1.68. The molecule has 1 N–H and O–H groups in total. The van der Waals surface area contributed by atoms with E-state index in [0.717, 1.165) is 50.9 Å². The molecule has 0 saturated carbocycles. The van der Waals surface area contributed by atoms with Crippen molar-refractivity contribution in [2.45, 2.75) is 12.5 Å². The number of alkyl halides is 1. The van der Waals surface area contributed by atoms with Crippen molar-refractivity contribution in [3.63, 3.8) is 0 Å². The van der Waals surface area contributed by atoms with Crippen molar-refractivity contribution in [1.29, 1.82) is 0 Å². The number of nitrogens with one attached hydrogen (secondary N) is 1. The summed E-state index contributed by atoms with van der Waals surface area (Å²) in [7, 11) is 4.03. The molecule has 1 unspecified atom stereocenters. The molecule has 0 saturated heterocycles. The molecule has 1 amide bonds. The fourth-order valence-corrected chi connectivity index (χ4v) is 5.51. The van der Waals surface area contributed by atoms with Gasteiger partial charge < -0.3 is 24.3 Å². The minimum atomic E-state index is -0.114. The third kappa shape index (κ3) is 5.10. The predicted molar refractivity (Wildman–Crippen MR) is 160 cm³/mol. The average molecular weight is 555 g/mol. The summed E-state index contributed by atoms with van der Waals surface area (Å²) < 4.78 is 12.2. The van der Waals surface area contributed by atoms with Crippen LogP contribution in [0.5, 0.6) is 11.5 Å².